The maximum Gasteiger partial charge on any atom is 0.229 e. The number of nitrogens with one attached hydrogen (secondary N) is 1. The number of benzene rings is 2. The Bertz CT molecular complexity index is 913. The molecule has 4 rings (SSSR count). The van der Waals surface area contributed by atoms with Crippen LogP contribution >= 0.6 is 0 Å². The predicted octanol–water partition coefficient (Wildman–Crippen LogP) is 5.26. The van der Waals surface area contributed by atoms with Gasteiger partial charge in [-0.15, -0.1) is 0 Å². The summed E-state index contributed by atoms with van der Waals surface area (Å²) in [6, 6.07) is 18.5. The molecule has 1 aliphatic rings. The van der Waals surface area contributed by atoms with E-state index in [1.54, 1.807) is 6.07 Å². The van der Waals surface area contributed by atoms with Crippen LogP contribution in [0.1, 0.15) is 19.8 Å². The van der Waals surface area contributed by atoms with E-state index in [2.05, 4.69) is 22.1 Å². The van der Waals surface area contributed by atoms with Crippen molar-refractivity contribution in [3.05, 3.63) is 66.5 Å². The molecule has 5 heteroatoms. The first-order valence-corrected chi connectivity index (χ1v) is 9.39. The van der Waals surface area contributed by atoms with E-state index in [9.17, 15) is 4.39 Å². The standard InChI is InChI=1S/C22H23FN4/c1-16-7-6-12-27(15-16)21-14-20(17-8-3-2-4-9-17)25-22(26-21)24-19-11-5-10-18(23)13-19/h2-5,8-11,13-14,16H,6-7,12,15H2,1H3,(H,24,25,26). The number of hydrogen-bond donors (Lipinski definition) is 1. The van der Waals surface area contributed by atoms with Gasteiger partial charge in [-0.25, -0.2) is 9.37 Å². The molecule has 0 saturated carbocycles. The molecule has 3 aromatic rings. The van der Waals surface area contributed by atoms with Crippen molar-refractivity contribution in [2.75, 3.05) is 23.3 Å². The molecule has 1 saturated heterocycles. The largest absolute Gasteiger partial charge is 0.356 e. The second-order valence-corrected chi connectivity index (χ2v) is 7.13. The van der Waals surface area contributed by atoms with Crippen LogP contribution in [0.5, 0.6) is 0 Å². The molecule has 0 radical (unpaired) electrons. The number of nitrogens with zero attached hydrogens (tertiary/aromatic N) is 3. The molecule has 2 heterocycles. The van der Waals surface area contributed by atoms with Gasteiger partial charge >= 0.3 is 0 Å². The average molecular weight is 362 g/mol. The highest BCUT2D eigenvalue weighted by Crippen LogP contribution is 2.28. The lowest BCUT2D eigenvalue weighted by Crippen LogP contribution is -2.35. The fourth-order valence-electron chi connectivity index (χ4n) is 3.50. The summed E-state index contributed by atoms with van der Waals surface area (Å²) in [5, 5.41) is 3.16. The van der Waals surface area contributed by atoms with Crippen molar-refractivity contribution < 1.29 is 4.39 Å². The first-order valence-electron chi connectivity index (χ1n) is 9.39. The van der Waals surface area contributed by atoms with Gasteiger partial charge in [-0.05, 0) is 37.0 Å². The van der Waals surface area contributed by atoms with Crippen LogP contribution < -0.4 is 10.2 Å². The maximum absolute atomic E-state index is 13.5. The third-order valence-corrected chi connectivity index (χ3v) is 4.84. The number of hydrogen-bond acceptors (Lipinski definition) is 4. The van der Waals surface area contributed by atoms with Gasteiger partial charge in [-0.3, -0.25) is 0 Å². The second-order valence-electron chi connectivity index (χ2n) is 7.13. The van der Waals surface area contributed by atoms with Crippen LogP contribution in [-0.4, -0.2) is 23.1 Å². The molecule has 138 valence electrons. The molecule has 0 aliphatic carbocycles. The van der Waals surface area contributed by atoms with Gasteiger partial charge in [0, 0.05) is 30.4 Å². The molecule has 4 nitrogen and oxygen atoms in total. The van der Waals surface area contributed by atoms with E-state index in [0.717, 1.165) is 30.2 Å². The molecule has 27 heavy (non-hydrogen) atoms. The normalized spacial score (nSPS) is 17.0. The Morgan fingerprint density at radius 3 is 2.67 bits per heavy atom. The quantitative estimate of drug-likeness (QED) is 0.687. The number of halogens is 1. The topological polar surface area (TPSA) is 41.1 Å². The molecule has 0 bridgehead atoms. The van der Waals surface area contributed by atoms with Crippen LogP contribution in [-0.2, 0) is 0 Å². The van der Waals surface area contributed by atoms with Gasteiger partial charge < -0.3 is 10.2 Å². The fourth-order valence-corrected chi connectivity index (χ4v) is 3.50. The Hall–Kier alpha value is -2.95. The van der Waals surface area contributed by atoms with E-state index in [4.69, 9.17) is 4.98 Å². The van der Waals surface area contributed by atoms with Gasteiger partial charge in [-0.2, -0.15) is 4.98 Å². The summed E-state index contributed by atoms with van der Waals surface area (Å²) in [5.74, 6) is 1.75. The summed E-state index contributed by atoms with van der Waals surface area (Å²) in [7, 11) is 0. The van der Waals surface area contributed by atoms with Gasteiger partial charge in [-0.1, -0.05) is 43.3 Å². The Morgan fingerprint density at radius 1 is 1.04 bits per heavy atom. The predicted molar refractivity (Wildman–Crippen MR) is 108 cm³/mol. The zero-order valence-electron chi connectivity index (χ0n) is 15.4. The second kappa shape index (κ2) is 7.74. The van der Waals surface area contributed by atoms with Gasteiger partial charge in [0.15, 0.2) is 0 Å². The summed E-state index contributed by atoms with van der Waals surface area (Å²) < 4.78 is 13.5. The van der Waals surface area contributed by atoms with Crippen molar-refractivity contribution in [1.82, 2.24) is 9.97 Å². The first-order chi connectivity index (χ1) is 13.2. The van der Waals surface area contributed by atoms with Gasteiger partial charge in [0.05, 0.1) is 5.69 Å². The van der Waals surface area contributed by atoms with E-state index in [-0.39, 0.29) is 5.82 Å². The molecule has 1 aliphatic heterocycles. The zero-order chi connectivity index (χ0) is 18.6. The van der Waals surface area contributed by atoms with E-state index >= 15 is 0 Å². The first kappa shape index (κ1) is 17.5. The number of anilines is 3. The molecule has 0 spiro atoms. The number of piperidine rings is 1. The Labute approximate surface area is 159 Å². The van der Waals surface area contributed by atoms with Crippen LogP contribution in [0.25, 0.3) is 11.3 Å². The molecular formula is C22H23FN4. The van der Waals surface area contributed by atoms with Crippen LogP contribution in [0.3, 0.4) is 0 Å². The van der Waals surface area contributed by atoms with Crippen molar-refractivity contribution >= 4 is 17.5 Å². The number of aromatic nitrogens is 2. The van der Waals surface area contributed by atoms with Crippen molar-refractivity contribution in [3.63, 3.8) is 0 Å². The molecule has 1 unspecified atom stereocenters. The summed E-state index contributed by atoms with van der Waals surface area (Å²) in [6.45, 7) is 4.26. The molecule has 2 aromatic carbocycles. The summed E-state index contributed by atoms with van der Waals surface area (Å²) >= 11 is 0. The van der Waals surface area contributed by atoms with Gasteiger partial charge in [0.2, 0.25) is 5.95 Å². The highest BCUT2D eigenvalue weighted by atomic mass is 19.1. The monoisotopic (exact) mass is 362 g/mol. The lowest BCUT2D eigenvalue weighted by atomic mass is 10.0. The van der Waals surface area contributed by atoms with E-state index in [1.807, 2.05) is 42.5 Å². The van der Waals surface area contributed by atoms with Crippen molar-refractivity contribution in [2.24, 2.45) is 5.92 Å². The van der Waals surface area contributed by atoms with Gasteiger partial charge in [0.1, 0.15) is 11.6 Å². The van der Waals surface area contributed by atoms with Crippen LogP contribution in [0.15, 0.2) is 60.7 Å². The smallest absolute Gasteiger partial charge is 0.229 e. The third-order valence-electron chi connectivity index (χ3n) is 4.84. The van der Waals surface area contributed by atoms with Crippen LogP contribution in [0.4, 0.5) is 21.8 Å². The zero-order valence-corrected chi connectivity index (χ0v) is 15.4. The molecule has 1 fully saturated rings. The minimum Gasteiger partial charge on any atom is -0.356 e. The number of rotatable bonds is 4. The summed E-state index contributed by atoms with van der Waals surface area (Å²) in [4.78, 5) is 11.7. The summed E-state index contributed by atoms with van der Waals surface area (Å²) in [5.41, 5.74) is 2.53. The third kappa shape index (κ3) is 4.25. The average Bonchev–Trinajstić information content (AvgIpc) is 2.68. The molecule has 0 amide bonds. The maximum atomic E-state index is 13.5. The highest BCUT2D eigenvalue weighted by molar-refractivity contribution is 5.66. The fraction of sp³-hybridized carbons (Fsp3) is 0.273. The van der Waals surface area contributed by atoms with E-state index in [0.29, 0.717) is 17.6 Å². The summed E-state index contributed by atoms with van der Waals surface area (Å²) in [6.07, 6.45) is 2.42. The lowest BCUT2D eigenvalue weighted by Gasteiger charge is -2.32. The Balaban J connectivity index is 1.72. The molecule has 1 atom stereocenters. The van der Waals surface area contributed by atoms with E-state index in [1.165, 1.54) is 25.0 Å². The highest BCUT2D eigenvalue weighted by Gasteiger charge is 2.19. The lowest BCUT2D eigenvalue weighted by molar-refractivity contribution is 0.444. The Morgan fingerprint density at radius 2 is 1.89 bits per heavy atom. The Kier molecular flexibility index (Phi) is 5.01. The SMILES string of the molecule is CC1CCCN(c2cc(-c3ccccc3)nc(Nc3cccc(F)c3)n2)C1. The molecule has 1 N–H and O–H groups in total. The van der Waals surface area contributed by atoms with Gasteiger partial charge in [0.25, 0.3) is 0 Å². The minimum atomic E-state index is -0.288. The minimum absolute atomic E-state index is 0.288. The van der Waals surface area contributed by atoms with Crippen molar-refractivity contribution in [3.8, 4) is 11.3 Å². The van der Waals surface area contributed by atoms with Crippen molar-refractivity contribution in [1.29, 1.82) is 0 Å². The van der Waals surface area contributed by atoms with E-state index < -0.39 is 0 Å². The molecule has 1 aromatic heterocycles. The molecular weight excluding hydrogens is 339 g/mol. The van der Waals surface area contributed by atoms with Crippen LogP contribution in [0, 0.1) is 11.7 Å². The van der Waals surface area contributed by atoms with Crippen molar-refractivity contribution in [2.45, 2.75) is 19.8 Å². The van der Waals surface area contributed by atoms with Crippen LogP contribution in [0.2, 0.25) is 0 Å².